The van der Waals surface area contributed by atoms with Crippen molar-refractivity contribution in [2.75, 3.05) is 11.9 Å². The molecule has 27 heavy (non-hydrogen) atoms. The van der Waals surface area contributed by atoms with Gasteiger partial charge < -0.3 is 4.74 Å². The monoisotopic (exact) mass is 383 g/mol. The van der Waals surface area contributed by atoms with Crippen LogP contribution in [0.5, 0.6) is 5.75 Å². The summed E-state index contributed by atoms with van der Waals surface area (Å²) in [6.45, 7) is 3.74. The molecule has 8 heteroatoms. The summed E-state index contributed by atoms with van der Waals surface area (Å²) in [7, 11) is 0. The number of aryl methyl sites for hydroxylation is 2. The van der Waals surface area contributed by atoms with E-state index in [1.54, 1.807) is 6.07 Å². The number of thiazole rings is 1. The number of rotatable bonds is 6. The number of hydrogen-bond donors (Lipinski definition) is 1. The fraction of sp³-hybridized carbons (Fsp3) is 0.158. The molecule has 0 atom stereocenters. The third-order valence-electron chi connectivity index (χ3n) is 3.97. The van der Waals surface area contributed by atoms with E-state index in [-0.39, 0.29) is 18.0 Å². The lowest BCUT2D eigenvalue weighted by Gasteiger charge is -2.06. The van der Waals surface area contributed by atoms with E-state index in [1.165, 1.54) is 40.7 Å². The first-order valence-electron chi connectivity index (χ1n) is 8.13. The van der Waals surface area contributed by atoms with Gasteiger partial charge in [0.25, 0.3) is 5.91 Å². The third-order valence-corrected chi connectivity index (χ3v) is 4.73. The number of aromatic nitrogens is 1. The molecule has 1 amide bonds. The number of benzene rings is 2. The standard InChI is InChI=1S/C19H17N3O4S/c1-12-7-8-14(9-13(12)2)15-11-27-19(20-15)21-18(23)10-26-17-6-4-3-5-16(17)22(24)25/h3-9,11H,10H2,1-2H3,(H,20,21,23). The zero-order valence-corrected chi connectivity index (χ0v) is 15.6. The van der Waals surface area contributed by atoms with Crippen molar-refractivity contribution in [2.45, 2.75) is 13.8 Å². The number of nitro groups is 1. The zero-order chi connectivity index (χ0) is 19.4. The van der Waals surface area contributed by atoms with E-state index in [9.17, 15) is 14.9 Å². The maximum atomic E-state index is 12.1. The van der Waals surface area contributed by atoms with Crippen LogP contribution in [0.25, 0.3) is 11.3 Å². The summed E-state index contributed by atoms with van der Waals surface area (Å²) in [5.74, 6) is -0.387. The van der Waals surface area contributed by atoms with Gasteiger partial charge in [0.15, 0.2) is 17.5 Å². The van der Waals surface area contributed by atoms with E-state index >= 15 is 0 Å². The van der Waals surface area contributed by atoms with E-state index in [0.29, 0.717) is 5.13 Å². The summed E-state index contributed by atoms with van der Waals surface area (Å²) in [6, 6.07) is 12.0. The highest BCUT2D eigenvalue weighted by Gasteiger charge is 2.15. The quantitative estimate of drug-likeness (QED) is 0.504. The van der Waals surface area contributed by atoms with Crippen LogP contribution < -0.4 is 10.1 Å². The van der Waals surface area contributed by atoms with E-state index in [2.05, 4.69) is 10.3 Å². The number of hydrogen-bond acceptors (Lipinski definition) is 6. The lowest BCUT2D eigenvalue weighted by molar-refractivity contribution is -0.385. The van der Waals surface area contributed by atoms with E-state index in [4.69, 9.17) is 4.74 Å². The van der Waals surface area contributed by atoms with Crippen molar-refractivity contribution < 1.29 is 14.5 Å². The van der Waals surface area contributed by atoms with Crippen molar-refractivity contribution in [3.05, 3.63) is 69.1 Å². The number of ether oxygens (including phenoxy) is 1. The summed E-state index contributed by atoms with van der Waals surface area (Å²) < 4.78 is 5.28. The van der Waals surface area contributed by atoms with Crippen LogP contribution >= 0.6 is 11.3 Å². The Balaban J connectivity index is 1.63. The number of amides is 1. The minimum Gasteiger partial charge on any atom is -0.477 e. The molecule has 3 aromatic rings. The molecule has 0 saturated carbocycles. The molecule has 0 aliphatic rings. The number of carbonyl (C=O) groups excluding carboxylic acids is 1. The number of nitrogens with one attached hydrogen (secondary N) is 1. The van der Waals surface area contributed by atoms with Gasteiger partial charge in [-0.15, -0.1) is 11.3 Å². The first-order valence-corrected chi connectivity index (χ1v) is 9.01. The molecule has 0 fully saturated rings. The van der Waals surface area contributed by atoms with Gasteiger partial charge in [0.05, 0.1) is 10.6 Å². The van der Waals surface area contributed by atoms with Crippen LogP contribution in [0, 0.1) is 24.0 Å². The van der Waals surface area contributed by atoms with Gasteiger partial charge in [-0.1, -0.05) is 24.3 Å². The lowest BCUT2D eigenvalue weighted by Crippen LogP contribution is -2.20. The van der Waals surface area contributed by atoms with E-state index < -0.39 is 10.8 Å². The first kappa shape index (κ1) is 18.5. The molecule has 0 bridgehead atoms. The lowest BCUT2D eigenvalue weighted by atomic mass is 10.1. The number of nitrogens with zero attached hydrogens (tertiary/aromatic N) is 2. The molecule has 1 aromatic heterocycles. The van der Waals surface area contributed by atoms with Gasteiger partial charge in [0.2, 0.25) is 0 Å². The van der Waals surface area contributed by atoms with Crippen LogP contribution in [0.1, 0.15) is 11.1 Å². The van der Waals surface area contributed by atoms with Crippen molar-refractivity contribution in [1.82, 2.24) is 4.98 Å². The average Bonchev–Trinajstić information content (AvgIpc) is 3.11. The summed E-state index contributed by atoms with van der Waals surface area (Å²) in [4.78, 5) is 26.9. The van der Waals surface area contributed by atoms with E-state index in [0.717, 1.165) is 11.3 Å². The summed E-state index contributed by atoms with van der Waals surface area (Å²) in [5, 5.41) is 15.9. The van der Waals surface area contributed by atoms with Crippen molar-refractivity contribution in [2.24, 2.45) is 0 Å². The van der Waals surface area contributed by atoms with Gasteiger partial charge in [-0.2, -0.15) is 0 Å². The fourth-order valence-corrected chi connectivity index (χ4v) is 3.13. The maximum Gasteiger partial charge on any atom is 0.310 e. The molecule has 7 nitrogen and oxygen atoms in total. The Hall–Kier alpha value is -3.26. The fourth-order valence-electron chi connectivity index (χ4n) is 2.39. The van der Waals surface area contributed by atoms with Crippen LogP contribution in [0.4, 0.5) is 10.8 Å². The molecule has 0 unspecified atom stereocenters. The second-order valence-corrected chi connectivity index (χ2v) is 6.76. The Morgan fingerprint density at radius 3 is 2.74 bits per heavy atom. The average molecular weight is 383 g/mol. The first-order chi connectivity index (χ1) is 12.9. The molecule has 3 rings (SSSR count). The SMILES string of the molecule is Cc1ccc(-c2csc(NC(=O)COc3ccccc3[N+](=O)[O-])n2)cc1C. The van der Waals surface area contributed by atoms with E-state index in [1.807, 2.05) is 37.4 Å². The summed E-state index contributed by atoms with van der Waals surface area (Å²) >= 11 is 1.31. The molecular formula is C19H17N3O4S. The van der Waals surface area contributed by atoms with Crippen molar-refractivity contribution in [1.29, 1.82) is 0 Å². The molecule has 1 heterocycles. The van der Waals surface area contributed by atoms with Crippen molar-refractivity contribution in [3.63, 3.8) is 0 Å². The smallest absolute Gasteiger partial charge is 0.310 e. The molecule has 0 radical (unpaired) electrons. The topological polar surface area (TPSA) is 94.4 Å². The molecular weight excluding hydrogens is 366 g/mol. The largest absolute Gasteiger partial charge is 0.477 e. The minimum atomic E-state index is -0.552. The Bertz CT molecular complexity index is 1000. The van der Waals surface area contributed by atoms with Crippen molar-refractivity contribution >= 4 is 28.1 Å². The molecule has 0 aliphatic carbocycles. The Kier molecular flexibility index (Phi) is 5.46. The Morgan fingerprint density at radius 2 is 2.00 bits per heavy atom. The summed E-state index contributed by atoms with van der Waals surface area (Å²) in [6.07, 6.45) is 0. The van der Waals surface area contributed by atoms with Gasteiger partial charge in [0, 0.05) is 17.0 Å². The van der Waals surface area contributed by atoms with Gasteiger partial charge in [0.1, 0.15) is 0 Å². The van der Waals surface area contributed by atoms with Crippen LogP contribution in [-0.2, 0) is 4.79 Å². The van der Waals surface area contributed by atoms with Gasteiger partial charge >= 0.3 is 5.69 Å². The highest BCUT2D eigenvalue weighted by molar-refractivity contribution is 7.14. The molecule has 0 saturated heterocycles. The predicted octanol–water partition coefficient (Wildman–Crippen LogP) is 4.35. The number of anilines is 1. The highest BCUT2D eigenvalue weighted by Crippen LogP contribution is 2.27. The zero-order valence-electron chi connectivity index (χ0n) is 14.8. The molecule has 0 aliphatic heterocycles. The highest BCUT2D eigenvalue weighted by atomic mass is 32.1. The normalized spacial score (nSPS) is 10.4. The minimum absolute atomic E-state index is 0.0487. The van der Waals surface area contributed by atoms with Crippen LogP contribution in [0.3, 0.4) is 0 Å². The number of para-hydroxylation sites is 2. The third kappa shape index (κ3) is 4.48. The predicted molar refractivity (Wildman–Crippen MR) is 104 cm³/mol. The molecule has 2 aromatic carbocycles. The molecule has 138 valence electrons. The summed E-state index contributed by atoms with van der Waals surface area (Å²) in [5.41, 5.74) is 3.94. The Morgan fingerprint density at radius 1 is 1.22 bits per heavy atom. The number of carbonyl (C=O) groups is 1. The molecule has 0 spiro atoms. The van der Waals surface area contributed by atoms with Gasteiger partial charge in [-0.05, 0) is 37.1 Å². The second kappa shape index (κ2) is 7.96. The maximum absolute atomic E-state index is 12.1. The van der Waals surface area contributed by atoms with Gasteiger partial charge in [-0.25, -0.2) is 4.98 Å². The Labute approximate surface area is 159 Å². The van der Waals surface area contributed by atoms with Crippen LogP contribution in [0.15, 0.2) is 47.8 Å². The molecule has 1 N–H and O–H groups in total. The second-order valence-electron chi connectivity index (χ2n) is 5.90. The van der Waals surface area contributed by atoms with Crippen LogP contribution in [-0.4, -0.2) is 22.4 Å². The van der Waals surface area contributed by atoms with Gasteiger partial charge in [-0.3, -0.25) is 20.2 Å². The number of nitro benzene ring substituents is 1. The van der Waals surface area contributed by atoms with Crippen LogP contribution in [0.2, 0.25) is 0 Å². The van der Waals surface area contributed by atoms with Crippen molar-refractivity contribution in [3.8, 4) is 17.0 Å².